The fourth-order valence-electron chi connectivity index (χ4n) is 1.05. The summed E-state index contributed by atoms with van der Waals surface area (Å²) in [5, 5.41) is 8.51. The Hall–Kier alpha value is -1.75. The van der Waals surface area contributed by atoms with Crippen LogP contribution in [0.4, 0.5) is 0 Å². The van der Waals surface area contributed by atoms with Crippen molar-refractivity contribution in [3.63, 3.8) is 0 Å². The Kier molecular flexibility index (Phi) is 5.04. The molecule has 0 spiro atoms. The second kappa shape index (κ2) is 6.67. The van der Waals surface area contributed by atoms with E-state index in [1.54, 1.807) is 24.3 Å². The number of para-hydroxylation sites is 1. The minimum absolute atomic E-state index is 0.209. The van der Waals surface area contributed by atoms with E-state index >= 15 is 0 Å². The number of carbonyl (C=O) groups is 1. The third-order valence-electron chi connectivity index (χ3n) is 1.66. The van der Waals surface area contributed by atoms with Gasteiger partial charge in [-0.05, 0) is 12.1 Å². The summed E-state index contributed by atoms with van der Waals surface area (Å²) in [6.45, 7) is 0.592. The van der Waals surface area contributed by atoms with E-state index in [-0.39, 0.29) is 6.61 Å². The number of carbonyl (C=O) groups excluding carboxylic acids is 1. The van der Waals surface area contributed by atoms with Gasteiger partial charge in [0.05, 0.1) is 0 Å². The molecule has 0 saturated carbocycles. The summed E-state index contributed by atoms with van der Waals surface area (Å²) < 4.78 is 9.35. The molecule has 4 nitrogen and oxygen atoms in total. The molecule has 0 atom stereocenters. The molecule has 1 aromatic carbocycles. The lowest BCUT2D eigenvalue weighted by Gasteiger charge is -2.04. The first-order chi connectivity index (χ1) is 7.38. The van der Waals surface area contributed by atoms with Gasteiger partial charge in [0, 0.05) is 5.56 Å². The van der Waals surface area contributed by atoms with Crippen LogP contribution in [-0.4, -0.2) is 25.8 Å². The average Bonchev–Trinajstić information content (AvgIpc) is 2.27. The summed E-state index contributed by atoms with van der Waals surface area (Å²) >= 11 is 0. The number of rotatable bonds is 6. The minimum Gasteiger partial charge on any atom is -0.537 e. The van der Waals surface area contributed by atoms with Crippen molar-refractivity contribution in [1.82, 2.24) is 0 Å². The van der Waals surface area contributed by atoms with Gasteiger partial charge in [0.2, 0.25) is 0 Å². The molecular weight excluding hydrogens is 195 g/mol. The maximum atomic E-state index is 9.87. The van der Waals surface area contributed by atoms with E-state index in [1.165, 1.54) is 0 Å². The van der Waals surface area contributed by atoms with Crippen molar-refractivity contribution in [2.24, 2.45) is 0 Å². The molecule has 1 radical (unpaired) electrons. The largest absolute Gasteiger partial charge is 0.569 e. The highest BCUT2D eigenvalue weighted by atomic mass is 16.5. The molecular formula is C10H10BO4. The quantitative estimate of drug-likeness (QED) is 0.423. The van der Waals surface area contributed by atoms with Crippen molar-refractivity contribution in [1.29, 1.82) is 0 Å². The monoisotopic (exact) mass is 205 g/mol. The number of benzene rings is 1. The second-order valence-electron chi connectivity index (χ2n) is 2.59. The Labute approximate surface area is 88.4 Å². The summed E-state index contributed by atoms with van der Waals surface area (Å²) in [6.07, 6.45) is 3.41. The Morgan fingerprint density at radius 1 is 1.40 bits per heavy atom. The van der Waals surface area contributed by atoms with Crippen molar-refractivity contribution in [2.45, 2.75) is 0 Å². The molecule has 0 aliphatic heterocycles. The summed E-state index contributed by atoms with van der Waals surface area (Å²) in [5.74, 6) is 0.530. The van der Waals surface area contributed by atoms with Gasteiger partial charge in [0.1, 0.15) is 12.4 Å². The third-order valence-corrected chi connectivity index (χ3v) is 1.66. The third kappa shape index (κ3) is 3.87. The van der Waals surface area contributed by atoms with Gasteiger partial charge < -0.3 is 14.4 Å². The van der Waals surface area contributed by atoms with Gasteiger partial charge in [-0.1, -0.05) is 24.3 Å². The zero-order valence-electron chi connectivity index (χ0n) is 8.00. The number of hydrogen-bond acceptors (Lipinski definition) is 4. The van der Waals surface area contributed by atoms with Crippen LogP contribution in [0.3, 0.4) is 0 Å². The average molecular weight is 205 g/mol. The van der Waals surface area contributed by atoms with E-state index in [2.05, 4.69) is 4.74 Å². The molecule has 0 heterocycles. The number of hydrogen-bond donors (Lipinski definition) is 1. The Balaban J connectivity index is 2.65. The molecule has 0 amide bonds. The Bertz CT molecular complexity index is 338. The van der Waals surface area contributed by atoms with E-state index in [0.29, 0.717) is 19.9 Å². The van der Waals surface area contributed by atoms with E-state index < -0.39 is 0 Å². The normalized spacial score (nSPS) is 9.93. The molecule has 1 aromatic rings. The maximum Gasteiger partial charge on any atom is 0.569 e. The number of ether oxygens (including phenoxy) is 1. The zero-order chi connectivity index (χ0) is 10.9. The van der Waals surface area contributed by atoms with E-state index in [4.69, 9.17) is 9.68 Å². The summed E-state index contributed by atoms with van der Waals surface area (Å²) in [4.78, 5) is 9.87. The van der Waals surface area contributed by atoms with Gasteiger partial charge in [-0.3, -0.25) is 4.79 Å². The first-order valence-electron chi connectivity index (χ1n) is 4.32. The minimum atomic E-state index is 0.209. The lowest BCUT2D eigenvalue weighted by atomic mass is 10.2. The molecule has 0 fully saturated rings. The second-order valence-corrected chi connectivity index (χ2v) is 2.59. The van der Waals surface area contributed by atoms with Crippen LogP contribution in [0, 0.1) is 0 Å². The standard InChI is InChI=1S/C10H10BO4/c12-8-14-7-3-5-9-4-1-2-6-10(9)15-11-13/h1-6,8,13H,7H2. The molecule has 0 unspecified atom stereocenters. The smallest absolute Gasteiger partial charge is 0.537 e. The van der Waals surface area contributed by atoms with Gasteiger partial charge in [-0.15, -0.1) is 0 Å². The maximum absolute atomic E-state index is 9.87. The molecule has 0 aromatic heterocycles. The van der Waals surface area contributed by atoms with Crippen LogP contribution in [0.2, 0.25) is 0 Å². The van der Waals surface area contributed by atoms with Crippen molar-refractivity contribution >= 4 is 20.2 Å². The lowest BCUT2D eigenvalue weighted by Crippen LogP contribution is -2.00. The van der Waals surface area contributed by atoms with Crippen molar-refractivity contribution in [2.75, 3.05) is 6.61 Å². The van der Waals surface area contributed by atoms with E-state index in [1.807, 2.05) is 12.1 Å². The van der Waals surface area contributed by atoms with Gasteiger partial charge >= 0.3 is 7.69 Å². The lowest BCUT2D eigenvalue weighted by molar-refractivity contribution is -0.127. The van der Waals surface area contributed by atoms with Gasteiger partial charge in [-0.2, -0.15) is 0 Å². The highest BCUT2D eigenvalue weighted by Gasteiger charge is 1.98. The van der Waals surface area contributed by atoms with Crippen LogP contribution in [0.15, 0.2) is 30.3 Å². The molecule has 15 heavy (non-hydrogen) atoms. The molecule has 0 bridgehead atoms. The van der Waals surface area contributed by atoms with Crippen LogP contribution in [0.25, 0.3) is 6.08 Å². The Morgan fingerprint density at radius 2 is 2.20 bits per heavy atom. The van der Waals surface area contributed by atoms with Crippen LogP contribution in [0.1, 0.15) is 5.56 Å². The zero-order valence-corrected chi connectivity index (χ0v) is 8.00. The summed E-state index contributed by atoms with van der Waals surface area (Å²) in [5.41, 5.74) is 0.789. The van der Waals surface area contributed by atoms with Crippen LogP contribution >= 0.6 is 0 Å². The summed E-state index contributed by atoms with van der Waals surface area (Å²) in [6, 6.07) is 7.16. The predicted octanol–water partition coefficient (Wildman–Crippen LogP) is 0.778. The molecule has 0 aliphatic rings. The molecule has 1 rings (SSSR count). The highest BCUT2D eigenvalue weighted by Crippen LogP contribution is 2.18. The Morgan fingerprint density at radius 3 is 2.93 bits per heavy atom. The van der Waals surface area contributed by atoms with Gasteiger partial charge in [-0.25, -0.2) is 0 Å². The fraction of sp³-hybridized carbons (Fsp3) is 0.100. The molecule has 0 saturated heterocycles. The molecule has 1 N–H and O–H groups in total. The van der Waals surface area contributed by atoms with Gasteiger partial charge in [0.15, 0.2) is 0 Å². The first kappa shape index (κ1) is 11.3. The van der Waals surface area contributed by atoms with Crippen LogP contribution in [0.5, 0.6) is 5.75 Å². The van der Waals surface area contributed by atoms with Crippen molar-refractivity contribution in [3.05, 3.63) is 35.9 Å². The fourth-order valence-corrected chi connectivity index (χ4v) is 1.05. The first-order valence-corrected chi connectivity index (χ1v) is 4.32. The summed E-state index contributed by atoms with van der Waals surface area (Å²) in [7, 11) is 0.620. The predicted molar refractivity (Wildman–Crippen MR) is 56.1 cm³/mol. The topological polar surface area (TPSA) is 55.8 Å². The van der Waals surface area contributed by atoms with E-state index in [9.17, 15) is 4.79 Å². The van der Waals surface area contributed by atoms with E-state index in [0.717, 1.165) is 5.56 Å². The van der Waals surface area contributed by atoms with Crippen LogP contribution < -0.4 is 4.65 Å². The molecule has 0 aliphatic carbocycles. The SMILES string of the molecule is O=COCC=Cc1ccccc1O[B]O. The van der Waals surface area contributed by atoms with Crippen molar-refractivity contribution in [3.8, 4) is 5.75 Å². The molecule has 5 heteroatoms. The van der Waals surface area contributed by atoms with Crippen LogP contribution in [-0.2, 0) is 9.53 Å². The molecule has 77 valence electrons. The van der Waals surface area contributed by atoms with Gasteiger partial charge in [0.25, 0.3) is 6.47 Å². The highest BCUT2D eigenvalue weighted by molar-refractivity contribution is 6.17. The van der Waals surface area contributed by atoms with Crippen molar-refractivity contribution < 1.29 is 19.2 Å².